The second-order valence-electron chi connectivity index (χ2n) is 0.703. The molecule has 0 unspecified atom stereocenters. The lowest BCUT2D eigenvalue weighted by atomic mass is 11.1. The number of halogens is 3. The van der Waals surface area contributed by atoms with Crippen LogP contribution in [0.25, 0.3) is 0 Å². The summed E-state index contributed by atoms with van der Waals surface area (Å²) in [4.78, 5) is 0. The largest absolute Gasteiger partial charge is 0.370 e. The number of hydrogen-bond acceptors (Lipinski definition) is 1. The highest BCUT2D eigenvalue weighted by atomic mass is 35.5. The Morgan fingerprint density at radius 1 is 1.50 bits per heavy atom. The summed E-state index contributed by atoms with van der Waals surface area (Å²) in [6, 6.07) is 0. The van der Waals surface area contributed by atoms with Crippen LogP contribution in [0.3, 0.4) is 0 Å². The summed E-state index contributed by atoms with van der Waals surface area (Å²) in [6.07, 6.45) is 0. The molecule has 0 fully saturated rings. The van der Waals surface area contributed by atoms with E-state index < -0.39 is 5.88 Å². The molecule has 50 valence electrons. The number of hydrogen-bond donors (Lipinski definition) is 3. The van der Waals surface area contributed by atoms with E-state index in [0.717, 1.165) is 0 Å². The molecule has 0 radical (unpaired) electrons. The van der Waals surface area contributed by atoms with Gasteiger partial charge in [-0.1, -0.05) is 11.6 Å². The second kappa shape index (κ2) is 6.42. The molecule has 0 aromatic carbocycles. The highest BCUT2D eigenvalue weighted by molar-refractivity contribution is 6.18. The van der Waals surface area contributed by atoms with Crippen LogP contribution in [0.2, 0.25) is 0 Å². The zero-order chi connectivity index (χ0) is 7.15. The lowest BCUT2D eigenvalue weighted by molar-refractivity contribution is 0.243. The molecule has 0 aromatic rings. The Balaban J connectivity index is 0. The van der Waals surface area contributed by atoms with Gasteiger partial charge in [-0.15, -0.1) is 0 Å². The molecule has 0 saturated heterocycles. The lowest BCUT2D eigenvalue weighted by Gasteiger charge is -1.69. The van der Waals surface area contributed by atoms with Crippen molar-refractivity contribution in [1.82, 2.24) is 0 Å². The molecule has 6 heteroatoms. The average molecular weight is 146 g/mol. The SMILES string of the molecule is FC(F)Cl.N=C(N)N. The fourth-order valence-electron chi connectivity index (χ4n) is 0. The predicted octanol–water partition coefficient (Wildman–Crippen LogP) is 0.286. The first-order valence-corrected chi connectivity index (χ1v) is 1.92. The van der Waals surface area contributed by atoms with E-state index in [1.165, 1.54) is 0 Å². The van der Waals surface area contributed by atoms with Crippen molar-refractivity contribution in [3.63, 3.8) is 0 Å². The zero-order valence-corrected chi connectivity index (χ0v) is 4.62. The van der Waals surface area contributed by atoms with Crippen LogP contribution in [0.5, 0.6) is 0 Å². The van der Waals surface area contributed by atoms with Gasteiger partial charge >= 0.3 is 5.88 Å². The van der Waals surface area contributed by atoms with Crippen molar-refractivity contribution >= 4 is 17.6 Å². The quantitative estimate of drug-likeness (QED) is 0.260. The van der Waals surface area contributed by atoms with E-state index in [2.05, 4.69) is 23.1 Å². The minimum Gasteiger partial charge on any atom is -0.370 e. The summed E-state index contributed by atoms with van der Waals surface area (Å²) in [7, 11) is 0. The van der Waals surface area contributed by atoms with E-state index in [1.54, 1.807) is 0 Å². The predicted molar refractivity (Wildman–Crippen MR) is 28.0 cm³/mol. The molecule has 0 atom stereocenters. The molecule has 8 heavy (non-hydrogen) atoms. The zero-order valence-electron chi connectivity index (χ0n) is 3.87. The molecule has 0 aliphatic rings. The lowest BCUT2D eigenvalue weighted by Crippen LogP contribution is -2.20. The van der Waals surface area contributed by atoms with Gasteiger partial charge < -0.3 is 11.5 Å². The van der Waals surface area contributed by atoms with Crippen LogP contribution >= 0.6 is 11.6 Å². The molecule has 0 aliphatic carbocycles. The average Bonchev–Trinajstić information content (AvgIpc) is 1.25. The molecule has 0 rings (SSSR count). The molecule has 3 nitrogen and oxygen atoms in total. The van der Waals surface area contributed by atoms with Crippen LogP contribution in [0, 0.1) is 5.41 Å². The van der Waals surface area contributed by atoms with Gasteiger partial charge in [-0.3, -0.25) is 5.41 Å². The van der Waals surface area contributed by atoms with Crippen molar-refractivity contribution < 1.29 is 8.78 Å². The van der Waals surface area contributed by atoms with Gasteiger partial charge in [0.1, 0.15) is 0 Å². The van der Waals surface area contributed by atoms with Crippen molar-refractivity contribution in [1.29, 1.82) is 5.41 Å². The molecule has 0 aliphatic heterocycles. The van der Waals surface area contributed by atoms with Crippen LogP contribution in [0.4, 0.5) is 8.78 Å². The summed E-state index contributed by atoms with van der Waals surface area (Å²) in [6.45, 7) is 0. The summed E-state index contributed by atoms with van der Waals surface area (Å²) in [5.41, 5.74) is 8.94. The van der Waals surface area contributed by atoms with Gasteiger partial charge in [0.2, 0.25) is 0 Å². The topological polar surface area (TPSA) is 75.9 Å². The van der Waals surface area contributed by atoms with Crippen LogP contribution < -0.4 is 11.5 Å². The third-order valence-electron chi connectivity index (χ3n) is 0. The number of nitrogens with two attached hydrogens (primary N) is 2. The Morgan fingerprint density at radius 2 is 1.50 bits per heavy atom. The molecule has 0 heterocycles. The van der Waals surface area contributed by atoms with Crippen molar-refractivity contribution in [2.75, 3.05) is 0 Å². The van der Waals surface area contributed by atoms with Gasteiger partial charge in [-0.2, -0.15) is 8.78 Å². The normalized spacial score (nSPS) is 7.50. The Labute approximate surface area is 50.1 Å². The summed E-state index contributed by atoms with van der Waals surface area (Å²) in [5.74, 6) is -3.03. The van der Waals surface area contributed by atoms with Crippen molar-refractivity contribution in [3.05, 3.63) is 0 Å². The molecular formula is C2H6ClF2N3. The first-order chi connectivity index (χ1) is 3.46. The van der Waals surface area contributed by atoms with E-state index >= 15 is 0 Å². The first-order valence-electron chi connectivity index (χ1n) is 1.48. The second-order valence-corrected chi connectivity index (χ2v) is 1.03. The van der Waals surface area contributed by atoms with Gasteiger partial charge in [0, 0.05) is 0 Å². The van der Waals surface area contributed by atoms with Gasteiger partial charge in [-0.05, 0) is 0 Å². The van der Waals surface area contributed by atoms with Gasteiger partial charge in [0.15, 0.2) is 5.96 Å². The van der Waals surface area contributed by atoms with E-state index in [0.29, 0.717) is 0 Å². The molecule has 0 amide bonds. The molecule has 0 spiro atoms. The fraction of sp³-hybridized carbons (Fsp3) is 0.500. The minimum absolute atomic E-state index is 0.333. The van der Waals surface area contributed by atoms with Crippen LogP contribution in [0.15, 0.2) is 0 Å². The van der Waals surface area contributed by atoms with Crippen molar-refractivity contribution in [2.45, 2.75) is 5.88 Å². The summed E-state index contributed by atoms with van der Waals surface area (Å²) < 4.78 is 20.2. The maximum absolute atomic E-state index is 10.1. The monoisotopic (exact) mass is 145 g/mol. The Bertz CT molecular complexity index is 59.5. The van der Waals surface area contributed by atoms with E-state index in [4.69, 9.17) is 5.41 Å². The van der Waals surface area contributed by atoms with E-state index in [9.17, 15) is 8.78 Å². The number of alkyl halides is 3. The number of rotatable bonds is 0. The maximum atomic E-state index is 10.1. The van der Waals surface area contributed by atoms with Crippen molar-refractivity contribution in [3.8, 4) is 0 Å². The smallest absolute Gasteiger partial charge is 0.312 e. The van der Waals surface area contributed by atoms with Gasteiger partial charge in [0.25, 0.3) is 0 Å². The highest BCUT2D eigenvalue weighted by Crippen LogP contribution is 1.93. The molecule has 0 aromatic heterocycles. The van der Waals surface area contributed by atoms with Gasteiger partial charge in [-0.25, -0.2) is 0 Å². The number of guanidine groups is 1. The van der Waals surface area contributed by atoms with E-state index in [-0.39, 0.29) is 5.96 Å². The third kappa shape index (κ3) is 315. The molecule has 0 saturated carbocycles. The Kier molecular flexibility index (Phi) is 8.35. The van der Waals surface area contributed by atoms with Gasteiger partial charge in [0.05, 0.1) is 0 Å². The fourth-order valence-corrected chi connectivity index (χ4v) is 0. The maximum Gasteiger partial charge on any atom is 0.312 e. The molecular weight excluding hydrogens is 139 g/mol. The van der Waals surface area contributed by atoms with Crippen LogP contribution in [-0.2, 0) is 0 Å². The van der Waals surface area contributed by atoms with Crippen molar-refractivity contribution in [2.24, 2.45) is 11.5 Å². The molecule has 0 bridgehead atoms. The molecule has 5 N–H and O–H groups in total. The Hall–Kier alpha value is -0.580. The third-order valence-corrected chi connectivity index (χ3v) is 0. The summed E-state index contributed by atoms with van der Waals surface area (Å²) in [5, 5.41) is 6.06. The van der Waals surface area contributed by atoms with Crippen LogP contribution in [0.1, 0.15) is 0 Å². The Morgan fingerprint density at radius 3 is 1.50 bits per heavy atom. The van der Waals surface area contributed by atoms with Crippen LogP contribution in [-0.4, -0.2) is 11.8 Å². The highest BCUT2D eigenvalue weighted by Gasteiger charge is 1.83. The first kappa shape index (κ1) is 10.4. The summed E-state index contributed by atoms with van der Waals surface area (Å²) >= 11 is 3.94. The number of nitrogens with one attached hydrogen (secondary N) is 1. The van der Waals surface area contributed by atoms with E-state index in [1.807, 2.05) is 0 Å². The standard InChI is InChI=1S/CHClF2.CH5N3/c2*2-1(3)4/h1H;(H5,2,3,4). The minimum atomic E-state index is -2.69.